The molecule has 0 saturated heterocycles. The number of ketones is 1. The molecule has 0 amide bonds. The maximum absolute atomic E-state index is 13.0. The van der Waals surface area contributed by atoms with Gasteiger partial charge in [0.05, 0.1) is 20.6 Å². The van der Waals surface area contributed by atoms with Gasteiger partial charge in [-0.05, 0) is 31.5 Å². The molecule has 1 heterocycles. The molecule has 0 unspecified atom stereocenters. The number of halogens is 2. The van der Waals surface area contributed by atoms with Gasteiger partial charge in [-0.25, -0.2) is 9.37 Å². The van der Waals surface area contributed by atoms with E-state index >= 15 is 0 Å². The highest BCUT2D eigenvalue weighted by atomic mass is 35.5. The van der Waals surface area contributed by atoms with Crippen molar-refractivity contribution in [3.8, 4) is 0 Å². The number of rotatable bonds is 3. The third-order valence-electron chi connectivity index (χ3n) is 2.51. The van der Waals surface area contributed by atoms with Crippen LogP contribution in [0.15, 0.2) is 18.2 Å². The number of benzene rings is 1. The van der Waals surface area contributed by atoms with Crippen molar-refractivity contribution in [2.24, 2.45) is 0 Å². The SMILES string of the molecule is Cc1nc(C)c(C(=O)Cc2ccc(F)c(Cl)c2)s1. The monoisotopic (exact) mass is 283 g/mol. The predicted octanol–water partition coefficient (Wildman–Crippen LogP) is 3.98. The zero-order chi connectivity index (χ0) is 13.3. The second-order valence-corrected chi connectivity index (χ2v) is 5.61. The molecule has 94 valence electrons. The lowest BCUT2D eigenvalue weighted by Crippen LogP contribution is -2.03. The summed E-state index contributed by atoms with van der Waals surface area (Å²) >= 11 is 7.06. The molecular formula is C13H11ClFNOS. The Balaban J connectivity index is 2.21. The molecule has 0 fully saturated rings. The maximum Gasteiger partial charge on any atom is 0.179 e. The third-order valence-corrected chi connectivity index (χ3v) is 3.91. The molecular weight excluding hydrogens is 273 g/mol. The fourth-order valence-electron chi connectivity index (χ4n) is 1.71. The Morgan fingerprint density at radius 1 is 1.44 bits per heavy atom. The van der Waals surface area contributed by atoms with Crippen LogP contribution < -0.4 is 0 Å². The smallest absolute Gasteiger partial charge is 0.179 e. The largest absolute Gasteiger partial charge is 0.293 e. The van der Waals surface area contributed by atoms with Crippen LogP contribution in [0.1, 0.15) is 25.9 Å². The van der Waals surface area contributed by atoms with Crippen molar-refractivity contribution in [1.29, 1.82) is 0 Å². The van der Waals surface area contributed by atoms with Crippen molar-refractivity contribution in [2.75, 3.05) is 0 Å². The van der Waals surface area contributed by atoms with E-state index in [0.717, 1.165) is 10.7 Å². The molecule has 0 bridgehead atoms. The molecule has 2 rings (SSSR count). The van der Waals surface area contributed by atoms with Crippen molar-refractivity contribution in [3.05, 3.63) is 50.2 Å². The van der Waals surface area contributed by atoms with Crippen molar-refractivity contribution in [1.82, 2.24) is 4.98 Å². The lowest BCUT2D eigenvalue weighted by Gasteiger charge is -2.01. The highest BCUT2D eigenvalue weighted by Gasteiger charge is 2.14. The van der Waals surface area contributed by atoms with Gasteiger partial charge in [0.2, 0.25) is 0 Å². The minimum atomic E-state index is -0.474. The van der Waals surface area contributed by atoms with E-state index in [4.69, 9.17) is 11.6 Å². The van der Waals surface area contributed by atoms with Crippen LogP contribution >= 0.6 is 22.9 Å². The van der Waals surface area contributed by atoms with Crippen LogP contribution in [0.4, 0.5) is 4.39 Å². The summed E-state index contributed by atoms with van der Waals surface area (Å²) in [5, 5.41) is 0.908. The average Bonchev–Trinajstić information content (AvgIpc) is 2.63. The number of Topliss-reactive ketones (excluding diaryl/α,β-unsaturated/α-hetero) is 1. The van der Waals surface area contributed by atoms with E-state index in [0.29, 0.717) is 10.4 Å². The Morgan fingerprint density at radius 2 is 2.17 bits per heavy atom. The fourth-order valence-corrected chi connectivity index (χ4v) is 2.77. The number of aryl methyl sites for hydroxylation is 2. The van der Waals surface area contributed by atoms with Crippen molar-refractivity contribution >= 4 is 28.7 Å². The van der Waals surface area contributed by atoms with Gasteiger partial charge < -0.3 is 0 Å². The molecule has 0 saturated carbocycles. The summed E-state index contributed by atoms with van der Waals surface area (Å²) in [4.78, 5) is 17.0. The molecule has 1 aromatic heterocycles. The van der Waals surface area contributed by atoms with E-state index in [1.165, 1.54) is 23.5 Å². The van der Waals surface area contributed by atoms with E-state index in [2.05, 4.69) is 4.98 Å². The second kappa shape index (κ2) is 5.16. The summed E-state index contributed by atoms with van der Waals surface area (Å²) in [6.07, 6.45) is 0.211. The van der Waals surface area contributed by atoms with Gasteiger partial charge in [-0.15, -0.1) is 11.3 Å². The van der Waals surface area contributed by atoms with Crippen LogP contribution in [-0.4, -0.2) is 10.8 Å². The third kappa shape index (κ3) is 2.76. The Morgan fingerprint density at radius 3 is 2.72 bits per heavy atom. The number of thiazole rings is 1. The van der Waals surface area contributed by atoms with E-state index in [-0.39, 0.29) is 17.2 Å². The summed E-state index contributed by atoms with van der Waals surface area (Å²) < 4.78 is 13.0. The molecule has 0 aliphatic heterocycles. The quantitative estimate of drug-likeness (QED) is 0.798. The standard InChI is InChI=1S/C13H11ClFNOS/c1-7-13(18-8(2)16-7)12(17)6-9-3-4-11(15)10(14)5-9/h3-5H,6H2,1-2H3. The molecule has 18 heavy (non-hydrogen) atoms. The van der Waals surface area contributed by atoms with Crippen molar-refractivity contribution in [3.63, 3.8) is 0 Å². The topological polar surface area (TPSA) is 30.0 Å². The Labute approximate surface area is 113 Å². The summed E-state index contributed by atoms with van der Waals surface area (Å²) in [5.74, 6) is -0.488. The molecule has 0 spiro atoms. The van der Waals surface area contributed by atoms with Gasteiger partial charge in [-0.2, -0.15) is 0 Å². The number of nitrogens with zero attached hydrogens (tertiary/aromatic N) is 1. The van der Waals surface area contributed by atoms with E-state index in [1.54, 1.807) is 6.07 Å². The number of hydrogen-bond acceptors (Lipinski definition) is 3. The Kier molecular flexibility index (Phi) is 3.78. The van der Waals surface area contributed by atoms with Gasteiger partial charge in [0.15, 0.2) is 5.78 Å². The molecule has 2 nitrogen and oxygen atoms in total. The molecule has 0 radical (unpaired) electrons. The minimum Gasteiger partial charge on any atom is -0.293 e. The van der Waals surface area contributed by atoms with E-state index < -0.39 is 5.82 Å². The van der Waals surface area contributed by atoms with Gasteiger partial charge in [0, 0.05) is 6.42 Å². The molecule has 0 atom stereocenters. The normalized spacial score (nSPS) is 10.7. The zero-order valence-electron chi connectivity index (χ0n) is 9.96. The minimum absolute atomic E-state index is 0.0132. The Hall–Kier alpha value is -1.26. The lowest BCUT2D eigenvalue weighted by atomic mass is 10.1. The fraction of sp³-hybridized carbons (Fsp3) is 0.231. The van der Waals surface area contributed by atoms with Crippen LogP contribution in [0, 0.1) is 19.7 Å². The molecule has 0 N–H and O–H groups in total. The second-order valence-electron chi connectivity index (χ2n) is 4.00. The summed E-state index contributed by atoms with van der Waals surface area (Å²) in [5.41, 5.74) is 1.45. The van der Waals surface area contributed by atoms with Gasteiger partial charge in [0.25, 0.3) is 0 Å². The molecule has 5 heteroatoms. The number of carbonyl (C=O) groups excluding carboxylic acids is 1. The summed E-state index contributed by atoms with van der Waals surface area (Å²) in [7, 11) is 0. The first-order valence-electron chi connectivity index (χ1n) is 5.38. The van der Waals surface area contributed by atoms with Crippen LogP contribution in [-0.2, 0) is 6.42 Å². The van der Waals surface area contributed by atoms with Crippen LogP contribution in [0.3, 0.4) is 0 Å². The van der Waals surface area contributed by atoms with Crippen molar-refractivity contribution < 1.29 is 9.18 Å². The maximum atomic E-state index is 13.0. The first kappa shape index (κ1) is 13.2. The lowest BCUT2D eigenvalue weighted by molar-refractivity contribution is 0.0996. The molecule has 0 aliphatic carbocycles. The van der Waals surface area contributed by atoms with Crippen LogP contribution in [0.2, 0.25) is 5.02 Å². The van der Waals surface area contributed by atoms with Gasteiger partial charge in [-0.3, -0.25) is 4.79 Å². The van der Waals surface area contributed by atoms with Gasteiger partial charge in [-0.1, -0.05) is 17.7 Å². The van der Waals surface area contributed by atoms with Crippen LogP contribution in [0.5, 0.6) is 0 Å². The first-order chi connectivity index (χ1) is 8.47. The highest BCUT2D eigenvalue weighted by molar-refractivity contribution is 7.13. The first-order valence-corrected chi connectivity index (χ1v) is 6.58. The highest BCUT2D eigenvalue weighted by Crippen LogP contribution is 2.21. The molecule has 2 aromatic rings. The Bertz CT molecular complexity index is 609. The molecule has 1 aromatic carbocycles. The number of hydrogen-bond donors (Lipinski definition) is 0. The summed E-state index contributed by atoms with van der Waals surface area (Å²) in [6, 6.07) is 4.33. The number of aromatic nitrogens is 1. The van der Waals surface area contributed by atoms with Gasteiger partial charge in [0.1, 0.15) is 5.82 Å². The van der Waals surface area contributed by atoms with Gasteiger partial charge >= 0.3 is 0 Å². The zero-order valence-corrected chi connectivity index (χ0v) is 11.5. The van der Waals surface area contributed by atoms with E-state index in [1.807, 2.05) is 13.8 Å². The molecule has 0 aliphatic rings. The van der Waals surface area contributed by atoms with Crippen molar-refractivity contribution in [2.45, 2.75) is 20.3 Å². The summed E-state index contributed by atoms with van der Waals surface area (Å²) in [6.45, 7) is 3.68. The average molecular weight is 284 g/mol. The predicted molar refractivity (Wildman–Crippen MR) is 71.0 cm³/mol. The van der Waals surface area contributed by atoms with Crippen LogP contribution in [0.25, 0.3) is 0 Å². The van der Waals surface area contributed by atoms with E-state index in [9.17, 15) is 9.18 Å². The number of carbonyl (C=O) groups is 1.